The molecule has 4 heteroatoms. The fraction of sp³-hybridized carbons (Fsp3) is 0.353. The van der Waals surface area contributed by atoms with E-state index in [0.717, 1.165) is 28.5 Å². The summed E-state index contributed by atoms with van der Waals surface area (Å²) in [7, 11) is 1.96. The molecule has 0 bridgehead atoms. The fourth-order valence-electron chi connectivity index (χ4n) is 2.80. The first-order valence-corrected chi connectivity index (χ1v) is 7.19. The van der Waals surface area contributed by atoms with E-state index in [0.29, 0.717) is 13.2 Å². The molecule has 110 valence electrons. The van der Waals surface area contributed by atoms with E-state index in [4.69, 9.17) is 9.47 Å². The number of hydrogen-bond donors (Lipinski definition) is 1. The lowest BCUT2D eigenvalue weighted by Crippen LogP contribution is -2.20. The normalized spacial score (nSPS) is 14.8. The van der Waals surface area contributed by atoms with Crippen molar-refractivity contribution in [2.24, 2.45) is 0 Å². The molecule has 0 radical (unpaired) electrons. The van der Waals surface area contributed by atoms with E-state index in [-0.39, 0.29) is 6.04 Å². The molecule has 1 aromatic heterocycles. The van der Waals surface area contributed by atoms with E-state index in [1.165, 1.54) is 5.56 Å². The van der Waals surface area contributed by atoms with Crippen molar-refractivity contribution in [3.05, 3.63) is 52.8 Å². The second-order valence-electron chi connectivity index (χ2n) is 5.31. The first kappa shape index (κ1) is 13.9. The number of nitrogens with zero attached hydrogens (tertiary/aromatic N) is 1. The Morgan fingerprint density at radius 3 is 2.29 bits per heavy atom. The molecule has 2 aromatic rings. The van der Waals surface area contributed by atoms with Crippen LogP contribution in [0.5, 0.6) is 11.5 Å². The molecule has 0 saturated heterocycles. The fourth-order valence-corrected chi connectivity index (χ4v) is 2.80. The first-order valence-electron chi connectivity index (χ1n) is 7.19. The van der Waals surface area contributed by atoms with Crippen LogP contribution in [-0.4, -0.2) is 25.2 Å². The summed E-state index contributed by atoms with van der Waals surface area (Å²) >= 11 is 0. The summed E-state index contributed by atoms with van der Waals surface area (Å²) in [6, 6.07) is 10.5. The van der Waals surface area contributed by atoms with E-state index in [1.54, 1.807) is 0 Å². The van der Waals surface area contributed by atoms with Crippen LogP contribution in [0.1, 0.15) is 28.6 Å². The number of nitrogens with one attached hydrogen (secondary N) is 1. The number of aromatic nitrogens is 1. The minimum absolute atomic E-state index is 0.112. The van der Waals surface area contributed by atoms with Gasteiger partial charge in [0.25, 0.3) is 0 Å². The molecule has 1 aliphatic rings. The standard InChI is InChI=1S/C17H20N2O2/c1-11-8-14(9-12(2)19-11)17(18-3)13-4-5-15-16(10-13)21-7-6-20-15/h4-5,8-10,17-18H,6-7H2,1-3H3. The van der Waals surface area contributed by atoms with Crippen LogP contribution in [-0.2, 0) is 0 Å². The molecule has 1 unspecified atom stereocenters. The molecule has 0 amide bonds. The van der Waals surface area contributed by atoms with Crippen molar-refractivity contribution in [1.29, 1.82) is 0 Å². The summed E-state index contributed by atoms with van der Waals surface area (Å²) in [5.74, 6) is 1.64. The van der Waals surface area contributed by atoms with Crippen molar-refractivity contribution < 1.29 is 9.47 Å². The van der Waals surface area contributed by atoms with Crippen LogP contribution in [0.4, 0.5) is 0 Å². The van der Waals surface area contributed by atoms with Crippen molar-refractivity contribution in [2.75, 3.05) is 20.3 Å². The zero-order valence-corrected chi connectivity index (χ0v) is 12.6. The minimum Gasteiger partial charge on any atom is -0.486 e. The third-order valence-electron chi connectivity index (χ3n) is 3.63. The number of ether oxygens (including phenoxy) is 2. The molecule has 3 rings (SSSR count). The molecule has 0 saturated carbocycles. The van der Waals surface area contributed by atoms with Gasteiger partial charge < -0.3 is 14.8 Å². The lowest BCUT2D eigenvalue weighted by Gasteiger charge is -2.22. The predicted molar refractivity (Wildman–Crippen MR) is 82.0 cm³/mol. The van der Waals surface area contributed by atoms with Gasteiger partial charge in [-0.15, -0.1) is 0 Å². The molecule has 1 N–H and O–H groups in total. The average Bonchev–Trinajstić information content (AvgIpc) is 2.47. The highest BCUT2D eigenvalue weighted by Crippen LogP contribution is 2.34. The summed E-state index contributed by atoms with van der Waals surface area (Å²) in [5.41, 5.74) is 4.43. The van der Waals surface area contributed by atoms with Crippen molar-refractivity contribution in [2.45, 2.75) is 19.9 Å². The van der Waals surface area contributed by atoms with Crippen molar-refractivity contribution in [3.63, 3.8) is 0 Å². The van der Waals surface area contributed by atoms with Gasteiger partial charge in [-0.3, -0.25) is 4.98 Å². The van der Waals surface area contributed by atoms with E-state index < -0.39 is 0 Å². The van der Waals surface area contributed by atoms with Crippen LogP contribution in [0.3, 0.4) is 0 Å². The van der Waals surface area contributed by atoms with Gasteiger partial charge >= 0.3 is 0 Å². The van der Waals surface area contributed by atoms with Crippen molar-refractivity contribution in [1.82, 2.24) is 10.3 Å². The highest BCUT2D eigenvalue weighted by Gasteiger charge is 2.18. The Hall–Kier alpha value is -2.07. The highest BCUT2D eigenvalue weighted by molar-refractivity contribution is 5.46. The van der Waals surface area contributed by atoms with Gasteiger partial charge in [-0.2, -0.15) is 0 Å². The number of aryl methyl sites for hydroxylation is 2. The lowest BCUT2D eigenvalue weighted by molar-refractivity contribution is 0.171. The SMILES string of the molecule is CNC(c1cc(C)nc(C)c1)c1ccc2c(c1)OCCO2. The molecule has 1 aromatic carbocycles. The van der Waals surface area contributed by atoms with Gasteiger partial charge in [-0.25, -0.2) is 0 Å². The second kappa shape index (κ2) is 5.74. The third kappa shape index (κ3) is 2.85. The van der Waals surface area contributed by atoms with Gasteiger partial charge in [-0.05, 0) is 56.3 Å². The van der Waals surface area contributed by atoms with E-state index in [1.807, 2.05) is 27.0 Å². The zero-order chi connectivity index (χ0) is 14.8. The van der Waals surface area contributed by atoms with Crippen LogP contribution < -0.4 is 14.8 Å². The van der Waals surface area contributed by atoms with Crippen molar-refractivity contribution >= 4 is 0 Å². The molecule has 2 heterocycles. The lowest BCUT2D eigenvalue weighted by atomic mass is 9.98. The molecule has 1 atom stereocenters. The largest absolute Gasteiger partial charge is 0.486 e. The van der Waals surface area contributed by atoms with E-state index >= 15 is 0 Å². The maximum absolute atomic E-state index is 5.68. The van der Waals surface area contributed by atoms with Gasteiger partial charge in [-0.1, -0.05) is 6.07 Å². The maximum Gasteiger partial charge on any atom is 0.161 e. The minimum atomic E-state index is 0.112. The molecule has 21 heavy (non-hydrogen) atoms. The Morgan fingerprint density at radius 2 is 1.62 bits per heavy atom. The molecular weight excluding hydrogens is 264 g/mol. The summed E-state index contributed by atoms with van der Waals surface area (Å²) in [6.45, 7) is 5.26. The molecule has 0 fully saturated rings. The average molecular weight is 284 g/mol. The Morgan fingerprint density at radius 1 is 0.952 bits per heavy atom. The monoisotopic (exact) mass is 284 g/mol. The summed E-state index contributed by atoms with van der Waals surface area (Å²) in [4.78, 5) is 4.44. The smallest absolute Gasteiger partial charge is 0.161 e. The van der Waals surface area contributed by atoms with Crippen LogP contribution in [0.2, 0.25) is 0 Å². The Labute approximate surface area is 125 Å². The maximum atomic E-state index is 5.68. The summed E-state index contributed by atoms with van der Waals surface area (Å²) < 4.78 is 11.3. The Bertz CT molecular complexity index is 635. The summed E-state index contributed by atoms with van der Waals surface area (Å²) in [5, 5.41) is 3.37. The summed E-state index contributed by atoms with van der Waals surface area (Å²) in [6.07, 6.45) is 0. The van der Waals surface area contributed by atoms with Crippen LogP contribution in [0, 0.1) is 13.8 Å². The van der Waals surface area contributed by atoms with Crippen molar-refractivity contribution in [3.8, 4) is 11.5 Å². The van der Waals surface area contributed by atoms with Gasteiger partial charge in [0.1, 0.15) is 13.2 Å². The molecule has 0 spiro atoms. The quantitative estimate of drug-likeness (QED) is 0.941. The second-order valence-corrected chi connectivity index (χ2v) is 5.31. The number of pyridine rings is 1. The highest BCUT2D eigenvalue weighted by atomic mass is 16.6. The van der Waals surface area contributed by atoms with Gasteiger partial charge in [0.15, 0.2) is 11.5 Å². The van der Waals surface area contributed by atoms with Gasteiger partial charge in [0.05, 0.1) is 6.04 Å². The third-order valence-corrected chi connectivity index (χ3v) is 3.63. The van der Waals surface area contributed by atoms with E-state index in [9.17, 15) is 0 Å². The van der Waals surface area contributed by atoms with Crippen LogP contribution in [0.25, 0.3) is 0 Å². The zero-order valence-electron chi connectivity index (χ0n) is 12.6. The molecule has 1 aliphatic heterocycles. The number of fused-ring (bicyclic) bond motifs is 1. The predicted octanol–water partition coefficient (Wildman–Crippen LogP) is 2.78. The number of benzene rings is 1. The number of hydrogen-bond acceptors (Lipinski definition) is 4. The van der Waals surface area contributed by atoms with Gasteiger partial charge in [0, 0.05) is 11.4 Å². The van der Waals surface area contributed by atoms with E-state index in [2.05, 4.69) is 34.6 Å². The molecular formula is C17H20N2O2. The number of rotatable bonds is 3. The first-order chi connectivity index (χ1) is 10.2. The van der Waals surface area contributed by atoms with Crippen LogP contribution >= 0.6 is 0 Å². The molecule has 4 nitrogen and oxygen atoms in total. The Kier molecular flexibility index (Phi) is 3.80. The molecule has 0 aliphatic carbocycles. The topological polar surface area (TPSA) is 43.4 Å². The Balaban J connectivity index is 1.99. The van der Waals surface area contributed by atoms with Crippen LogP contribution in [0.15, 0.2) is 30.3 Å². The van der Waals surface area contributed by atoms with Gasteiger partial charge in [0.2, 0.25) is 0 Å².